The number of carbonyl (C=O) groups excluding carboxylic acids is 1. The van der Waals surface area contributed by atoms with Crippen molar-refractivity contribution in [1.82, 2.24) is 4.98 Å². The molecule has 2 aromatic rings. The quantitative estimate of drug-likeness (QED) is 0.706. The van der Waals surface area contributed by atoms with E-state index in [1.54, 1.807) is 0 Å². The molecule has 0 N–H and O–H groups in total. The SMILES string of the molecule is O=Cc1ccc2sc(C(F)(F)F)nc2c1. The van der Waals surface area contributed by atoms with E-state index in [2.05, 4.69) is 4.98 Å². The normalized spacial score (nSPS) is 11.9. The summed E-state index contributed by atoms with van der Waals surface area (Å²) in [6.07, 6.45) is -3.85. The Balaban J connectivity index is 2.61. The van der Waals surface area contributed by atoms with Crippen LogP contribution < -0.4 is 0 Å². The van der Waals surface area contributed by atoms with Crippen molar-refractivity contribution in [2.24, 2.45) is 0 Å². The molecule has 78 valence electrons. The fraction of sp³-hybridized carbons (Fsp3) is 0.111. The number of hydrogen-bond acceptors (Lipinski definition) is 3. The molecule has 1 aromatic heterocycles. The highest BCUT2D eigenvalue weighted by Gasteiger charge is 2.34. The van der Waals surface area contributed by atoms with E-state index in [-0.39, 0.29) is 5.52 Å². The first-order chi connectivity index (χ1) is 7.00. The number of nitrogens with zero attached hydrogens (tertiary/aromatic N) is 1. The minimum absolute atomic E-state index is 0.205. The van der Waals surface area contributed by atoms with E-state index in [0.29, 0.717) is 27.9 Å². The van der Waals surface area contributed by atoms with Crippen molar-refractivity contribution in [2.45, 2.75) is 6.18 Å². The number of hydrogen-bond donors (Lipinski definition) is 0. The highest BCUT2D eigenvalue weighted by atomic mass is 32.1. The molecule has 1 aromatic carbocycles. The van der Waals surface area contributed by atoms with E-state index < -0.39 is 11.2 Å². The minimum Gasteiger partial charge on any atom is -0.298 e. The van der Waals surface area contributed by atoms with E-state index in [4.69, 9.17) is 0 Å². The highest BCUT2D eigenvalue weighted by molar-refractivity contribution is 7.18. The summed E-state index contributed by atoms with van der Waals surface area (Å²) >= 11 is 0.571. The lowest BCUT2D eigenvalue weighted by Crippen LogP contribution is -2.03. The first-order valence-electron chi connectivity index (χ1n) is 3.93. The maximum absolute atomic E-state index is 12.3. The summed E-state index contributed by atoms with van der Waals surface area (Å²) in [5.74, 6) is 0. The number of halogens is 3. The Morgan fingerprint density at radius 1 is 1.33 bits per heavy atom. The standard InChI is InChI=1S/C9H4F3NOS/c10-9(11,12)8-13-6-3-5(4-14)1-2-7(6)15-8/h1-4H. The Morgan fingerprint density at radius 3 is 2.67 bits per heavy atom. The van der Waals surface area contributed by atoms with Gasteiger partial charge in [0.15, 0.2) is 5.01 Å². The van der Waals surface area contributed by atoms with Crippen molar-refractivity contribution in [1.29, 1.82) is 0 Å². The molecule has 0 unspecified atom stereocenters. The van der Waals surface area contributed by atoms with Gasteiger partial charge in [0, 0.05) is 5.56 Å². The molecule has 0 atom stereocenters. The summed E-state index contributed by atoms with van der Waals surface area (Å²) in [6.45, 7) is 0. The predicted octanol–water partition coefficient (Wildman–Crippen LogP) is 3.13. The molecule has 0 aliphatic rings. The van der Waals surface area contributed by atoms with Crippen LogP contribution in [0.3, 0.4) is 0 Å². The van der Waals surface area contributed by atoms with Crippen LogP contribution in [0.1, 0.15) is 15.4 Å². The fourth-order valence-corrected chi connectivity index (χ4v) is 1.95. The first-order valence-corrected chi connectivity index (χ1v) is 4.75. The largest absolute Gasteiger partial charge is 0.443 e. The Morgan fingerprint density at radius 2 is 2.07 bits per heavy atom. The number of carbonyl (C=O) groups is 1. The van der Waals surface area contributed by atoms with Gasteiger partial charge in [-0.2, -0.15) is 13.2 Å². The summed E-state index contributed by atoms with van der Waals surface area (Å²) in [5.41, 5.74) is 0.526. The molecule has 0 fully saturated rings. The van der Waals surface area contributed by atoms with Gasteiger partial charge in [0.05, 0.1) is 10.2 Å². The lowest BCUT2D eigenvalue weighted by atomic mass is 10.2. The van der Waals surface area contributed by atoms with Gasteiger partial charge in [0.25, 0.3) is 0 Å². The molecule has 1 heterocycles. The third-order valence-electron chi connectivity index (χ3n) is 1.79. The molecule has 2 rings (SSSR count). The Hall–Kier alpha value is -1.43. The number of fused-ring (bicyclic) bond motifs is 1. The molecule has 0 saturated carbocycles. The summed E-state index contributed by atoms with van der Waals surface area (Å²) in [5, 5.41) is -0.888. The molecule has 6 heteroatoms. The van der Waals surface area contributed by atoms with Crippen LogP contribution in [0.15, 0.2) is 18.2 Å². The van der Waals surface area contributed by atoms with Gasteiger partial charge in [-0.15, -0.1) is 11.3 Å². The van der Waals surface area contributed by atoms with Crippen LogP contribution >= 0.6 is 11.3 Å². The molecular weight excluding hydrogens is 227 g/mol. The maximum atomic E-state index is 12.3. The molecule has 0 radical (unpaired) electrons. The van der Waals surface area contributed by atoms with Crippen LogP contribution in [-0.4, -0.2) is 11.3 Å². The minimum atomic E-state index is -4.43. The van der Waals surface area contributed by atoms with Crippen molar-refractivity contribution >= 4 is 27.8 Å². The summed E-state index contributed by atoms with van der Waals surface area (Å²) < 4.78 is 37.3. The zero-order valence-corrected chi connectivity index (χ0v) is 8.02. The Kier molecular flexibility index (Phi) is 2.22. The molecule has 0 spiro atoms. The summed E-state index contributed by atoms with van der Waals surface area (Å²) in [7, 11) is 0. The average molecular weight is 231 g/mol. The topological polar surface area (TPSA) is 30.0 Å². The second kappa shape index (κ2) is 3.30. The number of thiazole rings is 1. The van der Waals surface area contributed by atoms with Gasteiger partial charge in [-0.25, -0.2) is 4.98 Å². The molecular formula is C9H4F3NOS. The number of aromatic nitrogens is 1. The van der Waals surface area contributed by atoms with Gasteiger partial charge in [0.1, 0.15) is 6.29 Å². The van der Waals surface area contributed by atoms with Crippen LogP contribution in [0.2, 0.25) is 0 Å². The van der Waals surface area contributed by atoms with Crippen molar-refractivity contribution in [3.05, 3.63) is 28.8 Å². The monoisotopic (exact) mass is 231 g/mol. The van der Waals surface area contributed by atoms with Crippen LogP contribution in [0.25, 0.3) is 10.2 Å². The third-order valence-corrected chi connectivity index (χ3v) is 2.87. The Labute approximate surface area is 86.4 Å². The molecule has 0 bridgehead atoms. The third kappa shape index (κ3) is 1.85. The van der Waals surface area contributed by atoms with Crippen molar-refractivity contribution in [3.8, 4) is 0 Å². The van der Waals surface area contributed by atoms with Crippen LogP contribution in [-0.2, 0) is 6.18 Å². The molecule has 2 nitrogen and oxygen atoms in total. The average Bonchev–Trinajstić information content (AvgIpc) is 2.59. The molecule has 0 amide bonds. The van der Waals surface area contributed by atoms with Crippen LogP contribution in [0.5, 0.6) is 0 Å². The molecule has 0 saturated heterocycles. The van der Waals surface area contributed by atoms with Gasteiger partial charge in [-0.3, -0.25) is 4.79 Å². The highest BCUT2D eigenvalue weighted by Crippen LogP contribution is 2.35. The summed E-state index contributed by atoms with van der Waals surface area (Å²) in [6, 6.07) is 4.27. The van der Waals surface area contributed by atoms with Gasteiger partial charge in [-0.1, -0.05) is 6.07 Å². The van der Waals surface area contributed by atoms with E-state index in [9.17, 15) is 18.0 Å². The number of benzene rings is 1. The second-order valence-electron chi connectivity index (χ2n) is 2.86. The fourth-order valence-electron chi connectivity index (χ4n) is 1.14. The zero-order valence-electron chi connectivity index (χ0n) is 7.21. The van der Waals surface area contributed by atoms with Gasteiger partial charge < -0.3 is 0 Å². The van der Waals surface area contributed by atoms with E-state index in [1.807, 2.05) is 0 Å². The van der Waals surface area contributed by atoms with Crippen molar-refractivity contribution < 1.29 is 18.0 Å². The first kappa shape index (κ1) is 10.1. The van der Waals surface area contributed by atoms with E-state index >= 15 is 0 Å². The van der Waals surface area contributed by atoms with Crippen molar-refractivity contribution in [2.75, 3.05) is 0 Å². The second-order valence-corrected chi connectivity index (χ2v) is 3.89. The smallest absolute Gasteiger partial charge is 0.298 e. The molecule has 0 aliphatic heterocycles. The molecule has 0 aliphatic carbocycles. The van der Waals surface area contributed by atoms with Crippen molar-refractivity contribution in [3.63, 3.8) is 0 Å². The van der Waals surface area contributed by atoms with Crippen LogP contribution in [0, 0.1) is 0 Å². The number of aldehydes is 1. The van der Waals surface area contributed by atoms with E-state index in [1.165, 1.54) is 18.2 Å². The van der Waals surface area contributed by atoms with E-state index in [0.717, 1.165) is 0 Å². The predicted molar refractivity (Wildman–Crippen MR) is 50.0 cm³/mol. The number of alkyl halides is 3. The van der Waals surface area contributed by atoms with Gasteiger partial charge >= 0.3 is 6.18 Å². The summed E-state index contributed by atoms with van der Waals surface area (Å²) in [4.78, 5) is 13.8. The van der Waals surface area contributed by atoms with Crippen LogP contribution in [0.4, 0.5) is 13.2 Å². The zero-order chi connectivity index (χ0) is 11.1. The maximum Gasteiger partial charge on any atom is 0.443 e. The number of rotatable bonds is 1. The van der Waals surface area contributed by atoms with Gasteiger partial charge in [-0.05, 0) is 12.1 Å². The lowest BCUT2D eigenvalue weighted by molar-refractivity contribution is -0.137. The Bertz CT molecular complexity index is 518. The lowest BCUT2D eigenvalue weighted by Gasteiger charge is -1.98. The van der Waals surface area contributed by atoms with Gasteiger partial charge in [0.2, 0.25) is 0 Å². The molecule has 15 heavy (non-hydrogen) atoms.